The van der Waals surface area contributed by atoms with Crippen LogP contribution < -0.4 is 0 Å². The predicted octanol–water partition coefficient (Wildman–Crippen LogP) is 6.08. The number of nitrogens with zero attached hydrogens (tertiary/aromatic N) is 2. The quantitative estimate of drug-likeness (QED) is 0.465. The third kappa shape index (κ3) is 3.89. The Hall–Kier alpha value is -2.24. The third-order valence-corrected chi connectivity index (χ3v) is 5.21. The molecule has 6 heteroatoms. The van der Waals surface area contributed by atoms with Gasteiger partial charge in [0, 0.05) is 42.3 Å². The van der Waals surface area contributed by atoms with Gasteiger partial charge in [-0.2, -0.15) is 0 Å². The van der Waals surface area contributed by atoms with E-state index < -0.39 is 35.8 Å². The lowest BCUT2D eigenvalue weighted by Gasteiger charge is -2.34. The van der Waals surface area contributed by atoms with Crippen LogP contribution in [-0.4, -0.2) is 15.9 Å². The predicted molar refractivity (Wildman–Crippen MR) is 96.6 cm³/mol. The minimum atomic E-state index is -2.96. The molecule has 1 saturated carbocycles. The lowest BCUT2D eigenvalue weighted by molar-refractivity contribution is -0.0742. The molecule has 0 radical (unpaired) electrons. The Morgan fingerprint density at radius 1 is 1.15 bits per heavy atom. The monoisotopic (exact) mass is 378 g/mol. The molecule has 0 saturated heterocycles. The first-order chi connectivity index (χ1) is 12.9. The van der Waals surface area contributed by atoms with Crippen molar-refractivity contribution >= 4 is 0 Å². The summed E-state index contributed by atoms with van der Waals surface area (Å²) < 4.78 is 57.7. The molecule has 1 aromatic carbocycles. The van der Waals surface area contributed by atoms with Gasteiger partial charge in [0.05, 0.1) is 0 Å². The van der Waals surface area contributed by atoms with Gasteiger partial charge in [-0.15, -0.1) is 6.58 Å². The maximum Gasteiger partial charge on any atom is 0.254 e. The van der Waals surface area contributed by atoms with Gasteiger partial charge >= 0.3 is 0 Å². The summed E-state index contributed by atoms with van der Waals surface area (Å²) in [6.45, 7) is 5.44. The van der Waals surface area contributed by atoms with E-state index >= 15 is 0 Å². The fourth-order valence-electron chi connectivity index (χ4n) is 3.68. The van der Waals surface area contributed by atoms with Crippen molar-refractivity contribution in [1.82, 2.24) is 9.97 Å². The van der Waals surface area contributed by atoms with Crippen LogP contribution in [0.25, 0.3) is 11.1 Å². The zero-order valence-corrected chi connectivity index (χ0v) is 15.2. The molecule has 1 heterocycles. The molecule has 2 nitrogen and oxygen atoms in total. The number of allylic oxidation sites excluding steroid dienone is 1. The fourth-order valence-corrected chi connectivity index (χ4v) is 3.68. The third-order valence-electron chi connectivity index (χ3n) is 5.21. The van der Waals surface area contributed by atoms with Gasteiger partial charge in [-0.25, -0.2) is 27.5 Å². The van der Waals surface area contributed by atoms with Gasteiger partial charge in [-0.3, -0.25) is 0 Å². The summed E-state index contributed by atoms with van der Waals surface area (Å²) in [7, 11) is 0. The molecule has 1 fully saturated rings. The summed E-state index contributed by atoms with van der Waals surface area (Å²) in [5.74, 6) is -6.08. The van der Waals surface area contributed by atoms with E-state index in [1.807, 2.05) is 6.92 Å². The van der Waals surface area contributed by atoms with Crippen LogP contribution in [0, 0.1) is 17.6 Å². The van der Waals surface area contributed by atoms with Crippen molar-refractivity contribution in [3.8, 4) is 11.1 Å². The molecule has 1 aliphatic rings. The number of alkyl halides is 2. The van der Waals surface area contributed by atoms with Crippen LogP contribution in [0.4, 0.5) is 17.6 Å². The highest BCUT2D eigenvalue weighted by Gasteiger charge is 2.44. The highest BCUT2D eigenvalue weighted by molar-refractivity contribution is 5.63. The second kappa shape index (κ2) is 7.79. The molecule has 2 aromatic rings. The van der Waals surface area contributed by atoms with Crippen LogP contribution in [0.1, 0.15) is 49.9 Å². The standard InChI is InChI=1S/C21H22F4N2/c1-3-5-18-26-11-14(12-27-18)17-9-8-16(19(22)20(17)23)13-6-7-15(4-2)21(24,25)10-13/h4,8-9,11-13,15H,2-3,5-7,10H2,1H3. The number of aryl methyl sites for hydroxylation is 1. The van der Waals surface area contributed by atoms with Crippen LogP contribution in [0.15, 0.2) is 37.2 Å². The number of halogens is 4. The summed E-state index contributed by atoms with van der Waals surface area (Å²) in [6.07, 6.45) is 5.82. The zero-order valence-electron chi connectivity index (χ0n) is 15.2. The maximum absolute atomic E-state index is 14.7. The molecule has 0 spiro atoms. The van der Waals surface area contributed by atoms with E-state index in [1.165, 1.54) is 30.6 Å². The van der Waals surface area contributed by atoms with E-state index in [9.17, 15) is 17.6 Å². The van der Waals surface area contributed by atoms with Crippen molar-refractivity contribution in [3.63, 3.8) is 0 Å². The van der Waals surface area contributed by atoms with E-state index in [-0.39, 0.29) is 17.5 Å². The molecule has 1 aliphatic carbocycles. The molecular formula is C21H22F4N2. The lowest BCUT2D eigenvalue weighted by atomic mass is 9.76. The summed E-state index contributed by atoms with van der Waals surface area (Å²) in [4.78, 5) is 8.31. The molecule has 0 aliphatic heterocycles. The van der Waals surface area contributed by atoms with Crippen molar-refractivity contribution in [3.05, 3.63) is 60.2 Å². The Morgan fingerprint density at radius 2 is 1.85 bits per heavy atom. The van der Waals surface area contributed by atoms with Gasteiger partial charge in [-0.05, 0) is 30.7 Å². The maximum atomic E-state index is 14.7. The summed E-state index contributed by atoms with van der Waals surface area (Å²) >= 11 is 0. The van der Waals surface area contributed by atoms with Crippen LogP contribution in [0.2, 0.25) is 0 Å². The number of rotatable bonds is 5. The van der Waals surface area contributed by atoms with Gasteiger partial charge in [0.1, 0.15) is 5.82 Å². The number of hydrogen-bond acceptors (Lipinski definition) is 2. The molecule has 1 aromatic heterocycles. The molecule has 2 unspecified atom stereocenters. The van der Waals surface area contributed by atoms with Gasteiger partial charge < -0.3 is 0 Å². The van der Waals surface area contributed by atoms with Crippen molar-refractivity contribution in [2.75, 3.05) is 0 Å². The van der Waals surface area contributed by atoms with E-state index in [0.29, 0.717) is 24.2 Å². The van der Waals surface area contributed by atoms with E-state index in [0.717, 1.165) is 6.42 Å². The van der Waals surface area contributed by atoms with Crippen molar-refractivity contribution < 1.29 is 17.6 Å². The lowest BCUT2D eigenvalue weighted by Crippen LogP contribution is -2.34. The van der Waals surface area contributed by atoms with Gasteiger partial charge in [0.25, 0.3) is 5.92 Å². The van der Waals surface area contributed by atoms with Gasteiger partial charge in [-0.1, -0.05) is 25.1 Å². The van der Waals surface area contributed by atoms with E-state index in [2.05, 4.69) is 16.5 Å². The topological polar surface area (TPSA) is 25.8 Å². The minimum absolute atomic E-state index is 0.00181. The van der Waals surface area contributed by atoms with E-state index in [1.54, 1.807) is 0 Å². The smallest absolute Gasteiger partial charge is 0.241 e. The van der Waals surface area contributed by atoms with Crippen LogP contribution in [-0.2, 0) is 6.42 Å². The van der Waals surface area contributed by atoms with Crippen molar-refractivity contribution in [2.45, 2.75) is 50.9 Å². The molecular weight excluding hydrogens is 356 g/mol. The Bertz CT molecular complexity index is 818. The second-order valence-electron chi connectivity index (χ2n) is 7.05. The SMILES string of the molecule is C=CC1CCC(c2ccc(-c3cnc(CCC)nc3)c(F)c2F)CC1(F)F. The van der Waals surface area contributed by atoms with E-state index in [4.69, 9.17) is 0 Å². The molecule has 0 amide bonds. The molecule has 144 valence electrons. The van der Waals surface area contributed by atoms with Gasteiger partial charge in [0.2, 0.25) is 0 Å². The van der Waals surface area contributed by atoms with Crippen molar-refractivity contribution in [2.24, 2.45) is 5.92 Å². The summed E-state index contributed by atoms with van der Waals surface area (Å²) in [5.41, 5.74) is 0.395. The fraction of sp³-hybridized carbons (Fsp3) is 0.429. The normalized spacial score (nSPS) is 21.8. The van der Waals surface area contributed by atoms with Gasteiger partial charge in [0.15, 0.2) is 11.6 Å². The minimum Gasteiger partial charge on any atom is -0.241 e. The summed E-state index contributed by atoms with van der Waals surface area (Å²) in [5, 5.41) is 0. The largest absolute Gasteiger partial charge is 0.254 e. The second-order valence-corrected chi connectivity index (χ2v) is 7.05. The molecule has 0 bridgehead atoms. The average molecular weight is 378 g/mol. The molecule has 0 N–H and O–H groups in total. The first-order valence-corrected chi connectivity index (χ1v) is 9.17. The summed E-state index contributed by atoms with van der Waals surface area (Å²) in [6, 6.07) is 2.83. The zero-order chi connectivity index (χ0) is 19.6. The highest BCUT2D eigenvalue weighted by atomic mass is 19.3. The van der Waals surface area contributed by atoms with Crippen LogP contribution >= 0.6 is 0 Å². The number of aromatic nitrogens is 2. The van der Waals surface area contributed by atoms with Crippen LogP contribution in [0.3, 0.4) is 0 Å². The first-order valence-electron chi connectivity index (χ1n) is 9.17. The molecule has 3 rings (SSSR count). The Morgan fingerprint density at radius 3 is 2.44 bits per heavy atom. The number of benzene rings is 1. The number of hydrogen-bond donors (Lipinski definition) is 0. The van der Waals surface area contributed by atoms with Crippen LogP contribution in [0.5, 0.6) is 0 Å². The average Bonchev–Trinajstić information content (AvgIpc) is 2.64. The van der Waals surface area contributed by atoms with Crippen molar-refractivity contribution in [1.29, 1.82) is 0 Å². The Balaban J connectivity index is 1.88. The highest BCUT2D eigenvalue weighted by Crippen LogP contribution is 2.46. The Labute approximate surface area is 156 Å². The molecule has 2 atom stereocenters. The first kappa shape index (κ1) is 19.5. The molecule has 27 heavy (non-hydrogen) atoms. The Kier molecular flexibility index (Phi) is 5.63.